The molecule has 2 fully saturated rings. The highest BCUT2D eigenvalue weighted by Crippen LogP contribution is 2.32. The minimum atomic E-state index is 0.192. The van der Waals surface area contributed by atoms with Gasteiger partial charge in [0.15, 0.2) is 0 Å². The number of hydrogen-bond acceptors (Lipinski definition) is 3. The van der Waals surface area contributed by atoms with E-state index in [9.17, 15) is 4.79 Å². The molecule has 3 rings (SSSR count). The number of anilines is 2. The molecular formula is C20H30N2O2. The Balaban J connectivity index is 1.49. The molecule has 0 spiro atoms. The SMILES string of the molecule is CCCC1CCC(C(=O)Nc2ccc(N3CCOCC3)cc2)CC1. The topological polar surface area (TPSA) is 41.6 Å². The summed E-state index contributed by atoms with van der Waals surface area (Å²) in [6, 6.07) is 8.23. The molecule has 1 heterocycles. The van der Waals surface area contributed by atoms with Gasteiger partial charge in [0.2, 0.25) is 5.91 Å². The molecule has 1 aliphatic heterocycles. The molecule has 0 unspecified atom stereocenters. The average molecular weight is 330 g/mol. The van der Waals surface area contributed by atoms with Gasteiger partial charge in [0, 0.05) is 30.4 Å². The van der Waals surface area contributed by atoms with E-state index in [4.69, 9.17) is 4.74 Å². The fraction of sp³-hybridized carbons (Fsp3) is 0.650. The van der Waals surface area contributed by atoms with Crippen LogP contribution in [0.15, 0.2) is 24.3 Å². The van der Waals surface area contributed by atoms with Crippen LogP contribution >= 0.6 is 0 Å². The number of carbonyl (C=O) groups excluding carboxylic acids is 1. The van der Waals surface area contributed by atoms with E-state index in [1.165, 1.54) is 31.4 Å². The lowest BCUT2D eigenvalue weighted by atomic mass is 9.80. The number of ether oxygens (including phenoxy) is 1. The Kier molecular flexibility index (Phi) is 6.13. The predicted molar refractivity (Wildman–Crippen MR) is 98.5 cm³/mol. The zero-order valence-corrected chi connectivity index (χ0v) is 14.8. The highest BCUT2D eigenvalue weighted by molar-refractivity contribution is 5.92. The normalized spacial score (nSPS) is 24.6. The van der Waals surface area contributed by atoms with Crippen LogP contribution in [0.2, 0.25) is 0 Å². The number of rotatable bonds is 5. The molecule has 1 saturated heterocycles. The van der Waals surface area contributed by atoms with Gasteiger partial charge in [-0.1, -0.05) is 19.8 Å². The molecule has 1 saturated carbocycles. The maximum absolute atomic E-state index is 12.5. The predicted octanol–water partition coefficient (Wildman–Crippen LogP) is 4.07. The van der Waals surface area contributed by atoms with Crippen molar-refractivity contribution in [2.24, 2.45) is 11.8 Å². The van der Waals surface area contributed by atoms with Crippen molar-refractivity contribution in [1.29, 1.82) is 0 Å². The third-order valence-corrected chi connectivity index (χ3v) is 5.43. The molecule has 0 bridgehead atoms. The Bertz CT molecular complexity index is 515. The number of nitrogens with zero attached hydrogens (tertiary/aromatic N) is 1. The zero-order valence-electron chi connectivity index (χ0n) is 14.8. The number of nitrogens with one attached hydrogen (secondary N) is 1. The minimum absolute atomic E-state index is 0.192. The first-order chi connectivity index (χ1) is 11.8. The second-order valence-electron chi connectivity index (χ2n) is 7.14. The molecule has 1 N–H and O–H groups in total. The van der Waals surface area contributed by atoms with Crippen LogP contribution in [-0.4, -0.2) is 32.2 Å². The molecule has 1 amide bonds. The molecule has 4 heteroatoms. The van der Waals surface area contributed by atoms with Crippen LogP contribution in [0.25, 0.3) is 0 Å². The maximum Gasteiger partial charge on any atom is 0.227 e. The monoisotopic (exact) mass is 330 g/mol. The van der Waals surface area contributed by atoms with Gasteiger partial charge in [-0.3, -0.25) is 4.79 Å². The summed E-state index contributed by atoms with van der Waals surface area (Å²) in [5.41, 5.74) is 2.11. The van der Waals surface area contributed by atoms with Crippen LogP contribution in [-0.2, 0) is 9.53 Å². The quantitative estimate of drug-likeness (QED) is 0.885. The summed E-state index contributed by atoms with van der Waals surface area (Å²) in [5.74, 6) is 1.23. The van der Waals surface area contributed by atoms with Crippen LogP contribution in [0.4, 0.5) is 11.4 Å². The summed E-state index contributed by atoms with van der Waals surface area (Å²) in [6.07, 6.45) is 7.09. The summed E-state index contributed by atoms with van der Waals surface area (Å²) in [7, 11) is 0. The number of carbonyl (C=O) groups is 1. The van der Waals surface area contributed by atoms with Gasteiger partial charge in [-0.15, -0.1) is 0 Å². The van der Waals surface area contributed by atoms with E-state index >= 15 is 0 Å². The van der Waals surface area contributed by atoms with Gasteiger partial charge in [0.1, 0.15) is 0 Å². The highest BCUT2D eigenvalue weighted by Gasteiger charge is 2.25. The van der Waals surface area contributed by atoms with Crippen molar-refractivity contribution in [3.63, 3.8) is 0 Å². The highest BCUT2D eigenvalue weighted by atomic mass is 16.5. The van der Waals surface area contributed by atoms with Gasteiger partial charge in [-0.25, -0.2) is 0 Å². The van der Waals surface area contributed by atoms with E-state index in [0.717, 1.165) is 50.8 Å². The summed E-state index contributed by atoms with van der Waals surface area (Å²) in [5, 5.41) is 3.11. The first-order valence-corrected chi connectivity index (χ1v) is 9.50. The third-order valence-electron chi connectivity index (χ3n) is 5.43. The number of morpholine rings is 1. The molecule has 4 nitrogen and oxygen atoms in total. The molecule has 2 aliphatic rings. The van der Waals surface area contributed by atoms with E-state index < -0.39 is 0 Å². The van der Waals surface area contributed by atoms with Gasteiger partial charge in [-0.2, -0.15) is 0 Å². The summed E-state index contributed by atoms with van der Waals surface area (Å²) in [6.45, 7) is 5.71. The number of hydrogen-bond donors (Lipinski definition) is 1. The fourth-order valence-electron chi connectivity index (χ4n) is 3.94. The van der Waals surface area contributed by atoms with Gasteiger partial charge in [0.05, 0.1) is 13.2 Å². The Morgan fingerprint density at radius 2 is 1.79 bits per heavy atom. The number of benzene rings is 1. The van der Waals surface area contributed by atoms with Crippen molar-refractivity contribution in [3.8, 4) is 0 Å². The fourth-order valence-corrected chi connectivity index (χ4v) is 3.94. The Morgan fingerprint density at radius 1 is 1.12 bits per heavy atom. The smallest absolute Gasteiger partial charge is 0.227 e. The largest absolute Gasteiger partial charge is 0.378 e. The van der Waals surface area contributed by atoms with Gasteiger partial charge in [-0.05, 0) is 55.9 Å². The zero-order chi connectivity index (χ0) is 16.8. The molecule has 1 aromatic rings. The molecular weight excluding hydrogens is 300 g/mol. The molecule has 1 aromatic carbocycles. The van der Waals surface area contributed by atoms with Crippen molar-refractivity contribution in [1.82, 2.24) is 0 Å². The molecule has 0 aromatic heterocycles. The molecule has 0 radical (unpaired) electrons. The van der Waals surface area contributed by atoms with Crippen LogP contribution in [0.3, 0.4) is 0 Å². The Morgan fingerprint density at radius 3 is 2.42 bits per heavy atom. The van der Waals surface area contributed by atoms with Crippen molar-refractivity contribution >= 4 is 17.3 Å². The maximum atomic E-state index is 12.5. The Hall–Kier alpha value is -1.55. The van der Waals surface area contributed by atoms with Crippen LogP contribution < -0.4 is 10.2 Å². The molecule has 0 atom stereocenters. The van der Waals surface area contributed by atoms with Crippen molar-refractivity contribution in [2.45, 2.75) is 45.4 Å². The summed E-state index contributed by atoms with van der Waals surface area (Å²) in [4.78, 5) is 14.8. The van der Waals surface area contributed by atoms with E-state index in [1.807, 2.05) is 12.1 Å². The number of amides is 1. The van der Waals surface area contributed by atoms with E-state index in [2.05, 4.69) is 29.3 Å². The first-order valence-electron chi connectivity index (χ1n) is 9.50. The van der Waals surface area contributed by atoms with E-state index in [-0.39, 0.29) is 11.8 Å². The lowest BCUT2D eigenvalue weighted by Crippen LogP contribution is -2.36. The molecule has 132 valence electrons. The minimum Gasteiger partial charge on any atom is -0.378 e. The van der Waals surface area contributed by atoms with E-state index in [0.29, 0.717) is 0 Å². The first kappa shape index (κ1) is 17.3. The third kappa shape index (κ3) is 4.50. The van der Waals surface area contributed by atoms with Crippen LogP contribution in [0.1, 0.15) is 45.4 Å². The Labute approximate surface area is 145 Å². The second kappa shape index (κ2) is 8.52. The molecule has 24 heavy (non-hydrogen) atoms. The van der Waals surface area contributed by atoms with Gasteiger partial charge < -0.3 is 15.0 Å². The molecule has 1 aliphatic carbocycles. The van der Waals surface area contributed by atoms with Gasteiger partial charge >= 0.3 is 0 Å². The van der Waals surface area contributed by atoms with Crippen molar-refractivity contribution < 1.29 is 9.53 Å². The summed E-state index contributed by atoms with van der Waals surface area (Å²) >= 11 is 0. The van der Waals surface area contributed by atoms with Gasteiger partial charge in [0.25, 0.3) is 0 Å². The lowest BCUT2D eigenvalue weighted by molar-refractivity contribution is -0.121. The van der Waals surface area contributed by atoms with Crippen molar-refractivity contribution in [2.75, 3.05) is 36.5 Å². The standard InChI is InChI=1S/C20H30N2O2/c1-2-3-16-4-6-17(7-5-16)20(23)21-18-8-10-19(11-9-18)22-12-14-24-15-13-22/h8-11,16-17H,2-7,12-15H2,1H3,(H,21,23). The second-order valence-corrected chi connectivity index (χ2v) is 7.14. The summed E-state index contributed by atoms with van der Waals surface area (Å²) < 4.78 is 5.39. The lowest BCUT2D eigenvalue weighted by Gasteiger charge is -2.29. The van der Waals surface area contributed by atoms with Crippen LogP contribution in [0.5, 0.6) is 0 Å². The van der Waals surface area contributed by atoms with E-state index in [1.54, 1.807) is 0 Å². The van der Waals surface area contributed by atoms with Crippen LogP contribution in [0, 0.1) is 11.8 Å². The average Bonchev–Trinajstić information content (AvgIpc) is 2.64. The van der Waals surface area contributed by atoms with Crippen molar-refractivity contribution in [3.05, 3.63) is 24.3 Å².